The van der Waals surface area contributed by atoms with Gasteiger partial charge in [-0.3, -0.25) is 9.67 Å². The molecule has 3 aromatic rings. The van der Waals surface area contributed by atoms with Gasteiger partial charge in [-0.2, -0.15) is 5.10 Å². The van der Waals surface area contributed by atoms with Crippen molar-refractivity contribution in [2.75, 3.05) is 18.4 Å². The van der Waals surface area contributed by atoms with Crippen molar-refractivity contribution in [1.82, 2.24) is 24.3 Å². The number of nitrogens with zero attached hydrogens (tertiary/aromatic N) is 6. The van der Waals surface area contributed by atoms with Crippen LogP contribution in [0.1, 0.15) is 18.5 Å². The highest BCUT2D eigenvalue weighted by Crippen LogP contribution is 2.29. The first-order valence-electron chi connectivity index (χ1n) is 9.69. The van der Waals surface area contributed by atoms with Crippen LogP contribution in [0.4, 0.5) is 14.7 Å². The molecule has 2 N–H and O–H groups in total. The number of hydrogen-bond donors (Lipinski definition) is 2. The summed E-state index contributed by atoms with van der Waals surface area (Å²) in [6, 6.07) is 3.66. The number of anilines is 1. The van der Waals surface area contributed by atoms with E-state index in [4.69, 9.17) is 0 Å². The molecule has 0 spiro atoms. The van der Waals surface area contributed by atoms with Crippen LogP contribution in [-0.2, 0) is 13.6 Å². The highest BCUT2D eigenvalue weighted by molar-refractivity contribution is 5.65. The maximum atomic E-state index is 13.0. The minimum Gasteiger partial charge on any atom is -0.392 e. The van der Waals surface area contributed by atoms with Crippen molar-refractivity contribution in [3.63, 3.8) is 0 Å². The molecule has 0 saturated carbocycles. The quantitative estimate of drug-likeness (QED) is 0.599. The number of aromatic nitrogens is 5. The van der Waals surface area contributed by atoms with Gasteiger partial charge in [0.15, 0.2) is 0 Å². The topological polar surface area (TPSA) is 93.2 Å². The Labute approximate surface area is 171 Å². The van der Waals surface area contributed by atoms with Gasteiger partial charge in [-0.15, -0.1) is 0 Å². The number of fused-ring (bicyclic) bond motifs is 1. The lowest BCUT2D eigenvalue weighted by atomic mass is 9.98. The number of alkyl halides is 2. The number of rotatable bonds is 7. The molecule has 4 heterocycles. The van der Waals surface area contributed by atoms with Gasteiger partial charge in [0, 0.05) is 43.7 Å². The standard InChI is InChI=1S/C20H23F2N7O/c1-12(30)8-25-20-23-5-3-15(26-20)14-10-29(11-18(21)22)27-19(14)13-7-17-16(24-9-13)4-6-28(17)2/h3-7,10,12-13,18,30H,8-9,11H2,1-2H3,(H,23,25,26)/t12-,13?/m0/s1. The molecule has 30 heavy (non-hydrogen) atoms. The fraction of sp³-hybridized carbons (Fsp3) is 0.400. The van der Waals surface area contributed by atoms with Crippen LogP contribution in [0, 0.1) is 0 Å². The molecular weight excluding hydrogens is 392 g/mol. The Balaban J connectivity index is 1.75. The van der Waals surface area contributed by atoms with Crippen LogP contribution in [0.2, 0.25) is 0 Å². The molecule has 8 nitrogen and oxygen atoms in total. The molecule has 3 aromatic heterocycles. The molecule has 0 amide bonds. The van der Waals surface area contributed by atoms with E-state index < -0.39 is 19.1 Å². The molecule has 0 aromatic carbocycles. The molecule has 0 bridgehead atoms. The average molecular weight is 415 g/mol. The number of hydrogen-bond acceptors (Lipinski definition) is 6. The van der Waals surface area contributed by atoms with Gasteiger partial charge in [-0.1, -0.05) is 0 Å². The molecule has 2 atom stereocenters. The van der Waals surface area contributed by atoms with Crippen LogP contribution in [0.3, 0.4) is 0 Å². The lowest BCUT2D eigenvalue weighted by Gasteiger charge is -2.13. The molecule has 158 valence electrons. The first kappa shape index (κ1) is 20.1. The van der Waals surface area contributed by atoms with E-state index in [1.807, 2.05) is 23.9 Å². The average Bonchev–Trinajstić information content (AvgIpc) is 3.30. The third-order valence-corrected chi connectivity index (χ3v) is 4.87. The van der Waals surface area contributed by atoms with Gasteiger partial charge in [0.2, 0.25) is 5.95 Å². The number of aliphatic hydroxyl groups excluding tert-OH is 1. The van der Waals surface area contributed by atoms with Crippen molar-refractivity contribution in [2.45, 2.75) is 31.9 Å². The summed E-state index contributed by atoms with van der Waals surface area (Å²) in [6.07, 6.45) is 4.11. The Kier molecular flexibility index (Phi) is 5.58. The second kappa shape index (κ2) is 8.31. The highest BCUT2D eigenvalue weighted by Gasteiger charge is 2.23. The Bertz CT molecular complexity index is 1150. The van der Waals surface area contributed by atoms with Crippen molar-refractivity contribution < 1.29 is 13.9 Å². The van der Waals surface area contributed by atoms with Crippen molar-refractivity contribution >= 4 is 12.0 Å². The second-order valence-corrected chi connectivity index (χ2v) is 7.35. The zero-order chi connectivity index (χ0) is 21.3. The minimum absolute atomic E-state index is 0.163. The summed E-state index contributed by atoms with van der Waals surface area (Å²) < 4.78 is 29.2. The molecular formula is C20H23F2N7O. The monoisotopic (exact) mass is 415 g/mol. The zero-order valence-electron chi connectivity index (χ0n) is 16.7. The summed E-state index contributed by atoms with van der Waals surface area (Å²) in [5, 5.41) is 18.8. The van der Waals surface area contributed by atoms with Gasteiger partial charge in [0.25, 0.3) is 6.43 Å². The summed E-state index contributed by atoms with van der Waals surface area (Å²) in [5.74, 6) is 0.187. The van der Waals surface area contributed by atoms with Crippen LogP contribution in [0.5, 0.6) is 0 Å². The first-order chi connectivity index (χ1) is 14.4. The molecule has 1 aliphatic rings. The summed E-state index contributed by atoms with van der Waals surface area (Å²) in [7, 11) is 1.94. The van der Waals surface area contributed by atoms with E-state index in [1.54, 1.807) is 25.4 Å². The van der Waals surface area contributed by atoms with E-state index in [2.05, 4.69) is 31.5 Å². The minimum atomic E-state index is -2.52. The normalized spacial score (nSPS) is 16.7. The molecule has 0 fully saturated rings. The Morgan fingerprint density at radius 1 is 1.33 bits per heavy atom. The zero-order valence-corrected chi connectivity index (χ0v) is 16.7. The molecule has 10 heteroatoms. The van der Waals surface area contributed by atoms with Gasteiger partial charge in [0.05, 0.1) is 34.7 Å². The Morgan fingerprint density at radius 3 is 2.93 bits per heavy atom. The summed E-state index contributed by atoms with van der Waals surface area (Å²) in [4.78, 5) is 13.3. The highest BCUT2D eigenvalue weighted by atomic mass is 19.3. The SMILES string of the molecule is C[C@H](O)CNc1nccc(-c2cn(CC(F)F)nc2C2C=c3c(ccn3C)=NC2)n1. The molecule has 0 radical (unpaired) electrons. The van der Waals surface area contributed by atoms with Gasteiger partial charge in [-0.25, -0.2) is 18.7 Å². The van der Waals surface area contributed by atoms with E-state index in [0.717, 1.165) is 10.7 Å². The lowest BCUT2D eigenvalue weighted by Crippen LogP contribution is -2.33. The molecule has 0 aliphatic carbocycles. The summed E-state index contributed by atoms with van der Waals surface area (Å²) in [6.45, 7) is 1.94. The lowest BCUT2D eigenvalue weighted by molar-refractivity contribution is 0.121. The van der Waals surface area contributed by atoms with Crippen LogP contribution < -0.4 is 16.0 Å². The largest absolute Gasteiger partial charge is 0.392 e. The van der Waals surface area contributed by atoms with Crippen LogP contribution >= 0.6 is 0 Å². The molecule has 4 rings (SSSR count). The van der Waals surface area contributed by atoms with E-state index in [-0.39, 0.29) is 5.92 Å². The predicted molar refractivity (Wildman–Crippen MR) is 108 cm³/mol. The number of aliphatic hydroxyl groups is 1. The van der Waals surface area contributed by atoms with E-state index in [9.17, 15) is 13.9 Å². The maximum Gasteiger partial charge on any atom is 0.257 e. The maximum absolute atomic E-state index is 13.0. The van der Waals surface area contributed by atoms with E-state index in [0.29, 0.717) is 36.0 Å². The van der Waals surface area contributed by atoms with Crippen molar-refractivity contribution in [3.05, 3.63) is 47.1 Å². The van der Waals surface area contributed by atoms with Crippen LogP contribution in [-0.4, -0.2) is 55.0 Å². The van der Waals surface area contributed by atoms with Gasteiger partial charge >= 0.3 is 0 Å². The number of nitrogens with one attached hydrogen (secondary N) is 1. The fourth-order valence-electron chi connectivity index (χ4n) is 3.45. The third-order valence-electron chi connectivity index (χ3n) is 4.87. The Morgan fingerprint density at radius 2 is 2.17 bits per heavy atom. The summed E-state index contributed by atoms with van der Waals surface area (Å²) in [5.41, 5.74) is 1.87. The molecule has 0 saturated heterocycles. The van der Waals surface area contributed by atoms with Gasteiger partial charge < -0.3 is 15.0 Å². The third kappa shape index (κ3) is 4.23. The Hall–Kier alpha value is -3.14. The molecule has 1 aliphatic heterocycles. The van der Waals surface area contributed by atoms with E-state index in [1.165, 1.54) is 4.68 Å². The van der Waals surface area contributed by atoms with Crippen LogP contribution in [0.25, 0.3) is 17.3 Å². The van der Waals surface area contributed by atoms with Gasteiger partial charge in [-0.05, 0) is 25.1 Å². The smallest absolute Gasteiger partial charge is 0.257 e. The first-order valence-corrected chi connectivity index (χ1v) is 9.69. The van der Waals surface area contributed by atoms with Gasteiger partial charge in [0.1, 0.15) is 6.54 Å². The summed E-state index contributed by atoms with van der Waals surface area (Å²) >= 11 is 0. The van der Waals surface area contributed by atoms with Crippen molar-refractivity contribution in [3.8, 4) is 11.3 Å². The number of halogens is 2. The van der Waals surface area contributed by atoms with Crippen molar-refractivity contribution in [1.29, 1.82) is 0 Å². The number of aryl methyl sites for hydroxylation is 1. The van der Waals surface area contributed by atoms with Crippen molar-refractivity contribution in [2.24, 2.45) is 12.0 Å². The molecule has 1 unspecified atom stereocenters. The van der Waals surface area contributed by atoms with Crippen LogP contribution in [0.15, 0.2) is 35.7 Å². The van der Waals surface area contributed by atoms with E-state index >= 15 is 0 Å². The predicted octanol–water partition coefficient (Wildman–Crippen LogP) is 0.934. The fourth-order valence-corrected chi connectivity index (χ4v) is 3.45. The second-order valence-electron chi connectivity index (χ2n) is 7.35.